The Morgan fingerprint density at radius 2 is 1.88 bits per heavy atom. The minimum Gasteiger partial charge on any atom is -0.493 e. The Bertz CT molecular complexity index is 738. The SMILES string of the molecule is CC/C=C/NC(=O)[C@H](C)C[C@H](O)[C@@H](N)C[C@H](Cc1ccc(OC)c(OCCCOC)c1)C(C)C. The fourth-order valence-corrected chi connectivity index (χ4v) is 3.79. The molecule has 0 aliphatic heterocycles. The molecule has 1 rings (SSSR count). The summed E-state index contributed by atoms with van der Waals surface area (Å²) < 4.78 is 16.5. The molecule has 34 heavy (non-hydrogen) atoms. The van der Waals surface area contributed by atoms with E-state index in [-0.39, 0.29) is 17.7 Å². The first-order valence-electron chi connectivity index (χ1n) is 12.4. The minimum absolute atomic E-state index is 0.104. The second kappa shape index (κ2) is 16.5. The Kier molecular flexibility index (Phi) is 14.6. The molecule has 0 fully saturated rings. The van der Waals surface area contributed by atoms with Crippen molar-refractivity contribution in [2.45, 2.75) is 71.9 Å². The van der Waals surface area contributed by atoms with Gasteiger partial charge in [-0.15, -0.1) is 0 Å². The zero-order valence-corrected chi connectivity index (χ0v) is 21.9. The highest BCUT2D eigenvalue weighted by molar-refractivity contribution is 5.79. The standard InChI is InChI=1S/C27H46N2O5/c1-7-8-12-29-27(31)20(4)15-24(30)23(28)18-22(19(2)3)16-21-10-11-25(33-6)26(17-21)34-14-9-13-32-5/h8,10-12,17,19-20,22-24,30H,7,9,13-16,18,28H2,1-6H3,(H,29,31)/b12-8+/t20-,22+,23+,24+/m1/s1. The Morgan fingerprint density at radius 1 is 1.15 bits per heavy atom. The van der Waals surface area contributed by atoms with Gasteiger partial charge in [-0.25, -0.2) is 0 Å². The van der Waals surface area contributed by atoms with Crippen LogP contribution < -0.4 is 20.5 Å². The predicted molar refractivity (Wildman–Crippen MR) is 137 cm³/mol. The second-order valence-electron chi connectivity index (χ2n) is 9.31. The van der Waals surface area contributed by atoms with Gasteiger partial charge in [-0.3, -0.25) is 4.79 Å². The van der Waals surface area contributed by atoms with Gasteiger partial charge in [0.15, 0.2) is 11.5 Å². The molecule has 4 atom stereocenters. The summed E-state index contributed by atoms with van der Waals surface area (Å²) in [5.74, 6) is 1.66. The lowest BCUT2D eigenvalue weighted by Gasteiger charge is -2.28. The number of allylic oxidation sites excluding steroid dienone is 1. The molecule has 0 bridgehead atoms. The molecule has 1 aromatic rings. The van der Waals surface area contributed by atoms with Crippen LogP contribution in [0.1, 0.15) is 58.9 Å². The van der Waals surface area contributed by atoms with Gasteiger partial charge in [-0.2, -0.15) is 0 Å². The molecule has 0 aliphatic carbocycles. The van der Waals surface area contributed by atoms with Gasteiger partial charge in [-0.05, 0) is 61.4 Å². The number of amides is 1. The summed E-state index contributed by atoms with van der Waals surface area (Å²) in [5, 5.41) is 13.4. The molecule has 0 aliphatic rings. The molecule has 0 saturated carbocycles. The summed E-state index contributed by atoms with van der Waals surface area (Å²) in [6.07, 6.45) is 6.27. The number of rotatable bonds is 17. The smallest absolute Gasteiger partial charge is 0.226 e. The van der Waals surface area contributed by atoms with Crippen LogP contribution in [-0.2, 0) is 16.0 Å². The van der Waals surface area contributed by atoms with Crippen LogP contribution in [0, 0.1) is 17.8 Å². The van der Waals surface area contributed by atoms with Crippen LogP contribution in [0.15, 0.2) is 30.5 Å². The van der Waals surface area contributed by atoms with Crippen LogP contribution in [0.25, 0.3) is 0 Å². The zero-order chi connectivity index (χ0) is 25.5. The molecular formula is C27H46N2O5. The number of ether oxygens (including phenoxy) is 3. The van der Waals surface area contributed by atoms with Crippen LogP contribution >= 0.6 is 0 Å². The topological polar surface area (TPSA) is 103 Å². The lowest BCUT2D eigenvalue weighted by Crippen LogP contribution is -2.40. The summed E-state index contributed by atoms with van der Waals surface area (Å²) in [6, 6.07) is 5.60. The summed E-state index contributed by atoms with van der Waals surface area (Å²) in [6.45, 7) is 9.36. The first-order chi connectivity index (χ1) is 16.2. The highest BCUT2D eigenvalue weighted by Gasteiger charge is 2.26. The van der Waals surface area contributed by atoms with Crippen LogP contribution in [0.3, 0.4) is 0 Å². The number of carbonyl (C=O) groups is 1. The third-order valence-corrected chi connectivity index (χ3v) is 6.11. The number of aliphatic hydroxyl groups is 1. The largest absolute Gasteiger partial charge is 0.493 e. The van der Waals surface area contributed by atoms with E-state index in [0.717, 1.165) is 30.6 Å². The van der Waals surface area contributed by atoms with Gasteiger partial charge in [0, 0.05) is 32.1 Å². The maximum Gasteiger partial charge on any atom is 0.226 e. The molecule has 0 saturated heterocycles. The quantitative estimate of drug-likeness (QED) is 0.292. The fraction of sp³-hybridized carbons (Fsp3) is 0.667. The van der Waals surface area contributed by atoms with Crippen LogP contribution in [0.5, 0.6) is 11.5 Å². The van der Waals surface area contributed by atoms with Gasteiger partial charge < -0.3 is 30.4 Å². The molecule has 0 spiro atoms. The van der Waals surface area contributed by atoms with Gasteiger partial charge >= 0.3 is 0 Å². The number of benzene rings is 1. The molecule has 0 heterocycles. The summed E-state index contributed by atoms with van der Waals surface area (Å²) in [4.78, 5) is 12.2. The van der Waals surface area contributed by atoms with E-state index in [2.05, 4.69) is 25.2 Å². The van der Waals surface area contributed by atoms with Gasteiger partial charge in [0.2, 0.25) is 5.91 Å². The lowest BCUT2D eigenvalue weighted by molar-refractivity contribution is -0.124. The third kappa shape index (κ3) is 10.9. The van der Waals surface area contributed by atoms with E-state index in [9.17, 15) is 9.90 Å². The number of aliphatic hydroxyl groups excluding tert-OH is 1. The van der Waals surface area contributed by atoms with Crippen molar-refractivity contribution in [2.75, 3.05) is 27.4 Å². The Balaban J connectivity index is 2.75. The first kappa shape index (κ1) is 29.9. The van der Waals surface area contributed by atoms with Crippen molar-refractivity contribution in [3.8, 4) is 11.5 Å². The fourth-order valence-electron chi connectivity index (χ4n) is 3.79. The average Bonchev–Trinajstić information content (AvgIpc) is 2.81. The maximum atomic E-state index is 12.2. The molecule has 0 aromatic heterocycles. The first-order valence-corrected chi connectivity index (χ1v) is 12.4. The highest BCUT2D eigenvalue weighted by atomic mass is 16.5. The van der Waals surface area contributed by atoms with Gasteiger partial charge in [-0.1, -0.05) is 39.8 Å². The van der Waals surface area contributed by atoms with Crippen molar-refractivity contribution in [1.82, 2.24) is 5.32 Å². The average molecular weight is 479 g/mol. The van der Waals surface area contributed by atoms with Crippen LogP contribution in [-0.4, -0.2) is 50.6 Å². The predicted octanol–water partition coefficient (Wildman–Crippen LogP) is 4.07. The van der Waals surface area contributed by atoms with Crippen molar-refractivity contribution < 1.29 is 24.1 Å². The Morgan fingerprint density at radius 3 is 2.50 bits per heavy atom. The number of nitrogens with one attached hydrogen (secondary N) is 1. The molecule has 7 nitrogen and oxygen atoms in total. The molecule has 194 valence electrons. The van der Waals surface area contributed by atoms with Crippen molar-refractivity contribution in [3.05, 3.63) is 36.0 Å². The molecular weight excluding hydrogens is 432 g/mol. The molecule has 7 heteroatoms. The van der Waals surface area contributed by atoms with Gasteiger partial charge in [0.05, 0.1) is 19.8 Å². The molecule has 0 radical (unpaired) electrons. The number of methoxy groups -OCH3 is 2. The number of hydrogen-bond donors (Lipinski definition) is 3. The zero-order valence-electron chi connectivity index (χ0n) is 21.9. The molecule has 1 aromatic carbocycles. The van der Waals surface area contributed by atoms with Gasteiger partial charge in [0.25, 0.3) is 0 Å². The molecule has 1 amide bonds. The van der Waals surface area contributed by atoms with E-state index in [1.807, 2.05) is 32.1 Å². The van der Waals surface area contributed by atoms with Crippen LogP contribution in [0.2, 0.25) is 0 Å². The molecule has 4 N–H and O–H groups in total. The number of hydrogen-bond acceptors (Lipinski definition) is 6. The Hall–Kier alpha value is -2.09. The normalized spacial score (nSPS) is 15.2. The van der Waals surface area contributed by atoms with E-state index in [4.69, 9.17) is 19.9 Å². The lowest BCUT2D eigenvalue weighted by atomic mass is 9.82. The van der Waals surface area contributed by atoms with E-state index < -0.39 is 12.1 Å². The minimum atomic E-state index is -0.743. The van der Waals surface area contributed by atoms with Gasteiger partial charge in [0.1, 0.15) is 0 Å². The second-order valence-corrected chi connectivity index (χ2v) is 9.31. The summed E-state index contributed by atoms with van der Waals surface area (Å²) >= 11 is 0. The number of nitrogens with two attached hydrogens (primary N) is 1. The van der Waals surface area contributed by atoms with Crippen molar-refractivity contribution in [3.63, 3.8) is 0 Å². The van der Waals surface area contributed by atoms with E-state index in [1.54, 1.807) is 20.4 Å². The van der Waals surface area contributed by atoms with Crippen molar-refractivity contribution in [1.29, 1.82) is 0 Å². The summed E-state index contributed by atoms with van der Waals surface area (Å²) in [7, 11) is 3.31. The Labute approximate surface area is 206 Å². The monoisotopic (exact) mass is 478 g/mol. The van der Waals surface area contributed by atoms with E-state index >= 15 is 0 Å². The van der Waals surface area contributed by atoms with E-state index in [0.29, 0.717) is 37.7 Å². The van der Waals surface area contributed by atoms with E-state index in [1.165, 1.54) is 0 Å². The summed E-state index contributed by atoms with van der Waals surface area (Å²) in [5.41, 5.74) is 7.53. The highest BCUT2D eigenvalue weighted by Crippen LogP contribution is 2.31. The van der Waals surface area contributed by atoms with Crippen molar-refractivity contribution in [2.24, 2.45) is 23.5 Å². The molecule has 0 unspecified atom stereocenters. The van der Waals surface area contributed by atoms with Crippen molar-refractivity contribution >= 4 is 5.91 Å². The van der Waals surface area contributed by atoms with Crippen LogP contribution in [0.4, 0.5) is 0 Å². The third-order valence-electron chi connectivity index (χ3n) is 6.11. The number of carbonyl (C=O) groups excluding carboxylic acids is 1. The maximum absolute atomic E-state index is 12.2.